The van der Waals surface area contributed by atoms with Crippen LogP contribution in [0.3, 0.4) is 0 Å². The van der Waals surface area contributed by atoms with E-state index in [0.29, 0.717) is 0 Å². The van der Waals surface area contributed by atoms with Crippen LogP contribution >= 0.6 is 11.6 Å². The SMILES string of the molecule is C=CCNc1ccccc1Cl. The van der Waals surface area contributed by atoms with Crippen LogP contribution in [-0.4, -0.2) is 6.54 Å². The van der Waals surface area contributed by atoms with E-state index in [-0.39, 0.29) is 0 Å². The normalized spacial score (nSPS) is 9.18. The Morgan fingerprint density at radius 2 is 2.18 bits per heavy atom. The van der Waals surface area contributed by atoms with Crippen molar-refractivity contribution in [3.05, 3.63) is 41.9 Å². The fourth-order valence-electron chi connectivity index (χ4n) is 0.787. The summed E-state index contributed by atoms with van der Waals surface area (Å²) in [7, 11) is 0. The van der Waals surface area contributed by atoms with Gasteiger partial charge in [-0.05, 0) is 12.1 Å². The Kier molecular flexibility index (Phi) is 2.99. The van der Waals surface area contributed by atoms with E-state index >= 15 is 0 Å². The Morgan fingerprint density at radius 3 is 2.82 bits per heavy atom. The van der Waals surface area contributed by atoms with E-state index in [1.54, 1.807) is 6.08 Å². The molecule has 0 fully saturated rings. The molecule has 0 saturated carbocycles. The van der Waals surface area contributed by atoms with Gasteiger partial charge in [0.25, 0.3) is 0 Å². The Morgan fingerprint density at radius 1 is 1.45 bits per heavy atom. The fourth-order valence-corrected chi connectivity index (χ4v) is 0.989. The highest BCUT2D eigenvalue weighted by Crippen LogP contribution is 2.19. The number of hydrogen-bond acceptors (Lipinski definition) is 1. The highest BCUT2D eigenvalue weighted by atomic mass is 35.5. The average molecular weight is 168 g/mol. The standard InChI is InChI=1S/C9H10ClN/c1-2-7-11-9-6-4-3-5-8(9)10/h2-6,11H,1,7H2. The van der Waals surface area contributed by atoms with Gasteiger partial charge >= 0.3 is 0 Å². The highest BCUT2D eigenvalue weighted by molar-refractivity contribution is 6.33. The molecular formula is C9H10ClN. The molecule has 0 heterocycles. The Balaban J connectivity index is 2.69. The highest BCUT2D eigenvalue weighted by Gasteiger charge is 1.93. The van der Waals surface area contributed by atoms with Crippen molar-refractivity contribution in [2.24, 2.45) is 0 Å². The van der Waals surface area contributed by atoms with Gasteiger partial charge in [0.05, 0.1) is 10.7 Å². The molecule has 1 aromatic carbocycles. The number of rotatable bonds is 3. The number of anilines is 1. The van der Waals surface area contributed by atoms with E-state index in [1.165, 1.54) is 0 Å². The summed E-state index contributed by atoms with van der Waals surface area (Å²) in [4.78, 5) is 0. The van der Waals surface area contributed by atoms with Crippen molar-refractivity contribution in [1.29, 1.82) is 0 Å². The van der Waals surface area contributed by atoms with Crippen LogP contribution in [0.1, 0.15) is 0 Å². The Hall–Kier alpha value is -0.950. The van der Waals surface area contributed by atoms with Crippen molar-refractivity contribution in [3.8, 4) is 0 Å². The first-order chi connectivity index (χ1) is 5.34. The summed E-state index contributed by atoms with van der Waals surface area (Å²) >= 11 is 5.86. The van der Waals surface area contributed by atoms with Gasteiger partial charge < -0.3 is 5.32 Å². The number of benzene rings is 1. The zero-order chi connectivity index (χ0) is 8.10. The predicted octanol–water partition coefficient (Wildman–Crippen LogP) is 2.94. The number of hydrogen-bond donors (Lipinski definition) is 1. The summed E-state index contributed by atoms with van der Waals surface area (Å²) < 4.78 is 0. The molecule has 0 aromatic heterocycles. The Bertz CT molecular complexity index is 245. The molecule has 0 saturated heterocycles. The molecule has 2 heteroatoms. The molecular weight excluding hydrogens is 158 g/mol. The van der Waals surface area contributed by atoms with Crippen molar-refractivity contribution >= 4 is 17.3 Å². The largest absolute Gasteiger partial charge is 0.380 e. The van der Waals surface area contributed by atoms with Gasteiger partial charge in [-0.3, -0.25) is 0 Å². The van der Waals surface area contributed by atoms with Crippen LogP contribution in [0.5, 0.6) is 0 Å². The van der Waals surface area contributed by atoms with Crippen molar-refractivity contribution in [2.75, 3.05) is 11.9 Å². The van der Waals surface area contributed by atoms with Crippen molar-refractivity contribution < 1.29 is 0 Å². The van der Waals surface area contributed by atoms with E-state index < -0.39 is 0 Å². The van der Waals surface area contributed by atoms with Crippen molar-refractivity contribution in [3.63, 3.8) is 0 Å². The smallest absolute Gasteiger partial charge is 0.0637 e. The first-order valence-corrected chi connectivity index (χ1v) is 3.81. The van der Waals surface area contributed by atoms with Crippen LogP contribution in [-0.2, 0) is 0 Å². The second-order valence-electron chi connectivity index (χ2n) is 2.15. The number of nitrogens with one attached hydrogen (secondary N) is 1. The van der Waals surface area contributed by atoms with Crippen LogP contribution in [0.15, 0.2) is 36.9 Å². The first kappa shape index (κ1) is 8.15. The molecule has 1 aromatic rings. The number of halogens is 1. The maximum Gasteiger partial charge on any atom is 0.0637 e. The molecule has 0 unspecified atom stereocenters. The lowest BCUT2D eigenvalue weighted by molar-refractivity contribution is 1.34. The van der Waals surface area contributed by atoms with Crippen LogP contribution in [0.2, 0.25) is 5.02 Å². The molecule has 0 bridgehead atoms. The maximum atomic E-state index is 5.86. The van der Waals surface area contributed by atoms with Crippen LogP contribution in [0.4, 0.5) is 5.69 Å². The molecule has 0 spiro atoms. The van der Waals surface area contributed by atoms with Gasteiger partial charge in [-0.2, -0.15) is 0 Å². The van der Waals surface area contributed by atoms with E-state index in [0.717, 1.165) is 17.3 Å². The maximum absolute atomic E-state index is 5.86. The topological polar surface area (TPSA) is 12.0 Å². The van der Waals surface area contributed by atoms with Gasteiger partial charge in [-0.1, -0.05) is 29.8 Å². The molecule has 11 heavy (non-hydrogen) atoms. The fraction of sp³-hybridized carbons (Fsp3) is 0.111. The van der Waals surface area contributed by atoms with Gasteiger partial charge in [-0.15, -0.1) is 6.58 Å². The monoisotopic (exact) mass is 167 g/mol. The third-order valence-corrected chi connectivity index (χ3v) is 1.64. The van der Waals surface area contributed by atoms with Gasteiger partial charge in [0.2, 0.25) is 0 Å². The van der Waals surface area contributed by atoms with Gasteiger partial charge in [0.1, 0.15) is 0 Å². The predicted molar refractivity (Wildman–Crippen MR) is 50.1 cm³/mol. The summed E-state index contributed by atoms with van der Waals surface area (Å²) in [5.74, 6) is 0. The molecule has 0 aliphatic carbocycles. The van der Waals surface area contributed by atoms with Crippen LogP contribution in [0.25, 0.3) is 0 Å². The minimum absolute atomic E-state index is 0.740. The van der Waals surface area contributed by atoms with Crippen molar-refractivity contribution in [1.82, 2.24) is 0 Å². The zero-order valence-electron chi connectivity index (χ0n) is 6.18. The summed E-state index contributed by atoms with van der Waals surface area (Å²) in [5.41, 5.74) is 0.953. The molecule has 0 aliphatic heterocycles. The molecule has 1 rings (SSSR count). The molecule has 1 N–H and O–H groups in total. The van der Waals surface area contributed by atoms with E-state index in [9.17, 15) is 0 Å². The molecule has 0 aliphatic rings. The molecule has 0 amide bonds. The molecule has 58 valence electrons. The second-order valence-corrected chi connectivity index (χ2v) is 2.56. The van der Waals surface area contributed by atoms with E-state index in [1.807, 2.05) is 24.3 Å². The first-order valence-electron chi connectivity index (χ1n) is 3.44. The second kappa shape index (κ2) is 4.04. The van der Waals surface area contributed by atoms with Crippen LogP contribution < -0.4 is 5.32 Å². The van der Waals surface area contributed by atoms with Gasteiger partial charge in [0, 0.05) is 6.54 Å². The third-order valence-electron chi connectivity index (χ3n) is 1.31. The quantitative estimate of drug-likeness (QED) is 0.683. The minimum atomic E-state index is 0.740. The molecule has 0 atom stereocenters. The summed E-state index contributed by atoms with van der Waals surface area (Å²) in [6.07, 6.45) is 1.79. The third kappa shape index (κ3) is 2.28. The summed E-state index contributed by atoms with van der Waals surface area (Å²) in [5, 5.41) is 3.86. The zero-order valence-corrected chi connectivity index (χ0v) is 6.93. The summed E-state index contributed by atoms with van der Waals surface area (Å²) in [6, 6.07) is 7.64. The minimum Gasteiger partial charge on any atom is -0.380 e. The number of para-hydroxylation sites is 1. The average Bonchev–Trinajstić information content (AvgIpc) is 2.03. The summed E-state index contributed by atoms with van der Waals surface area (Å²) in [6.45, 7) is 4.34. The van der Waals surface area contributed by atoms with Gasteiger partial charge in [0.15, 0.2) is 0 Å². The lowest BCUT2D eigenvalue weighted by atomic mass is 10.3. The van der Waals surface area contributed by atoms with Crippen molar-refractivity contribution in [2.45, 2.75) is 0 Å². The lowest BCUT2D eigenvalue weighted by Gasteiger charge is -2.03. The Labute approximate surface area is 71.7 Å². The van der Waals surface area contributed by atoms with E-state index in [4.69, 9.17) is 11.6 Å². The lowest BCUT2D eigenvalue weighted by Crippen LogP contribution is -1.97. The molecule has 1 nitrogen and oxygen atoms in total. The van der Waals surface area contributed by atoms with Crippen LogP contribution in [0, 0.1) is 0 Å². The van der Waals surface area contributed by atoms with Gasteiger partial charge in [-0.25, -0.2) is 0 Å². The molecule has 0 radical (unpaired) electrons. The van der Waals surface area contributed by atoms with E-state index in [2.05, 4.69) is 11.9 Å².